The zero-order valence-electron chi connectivity index (χ0n) is 16.8. The first-order chi connectivity index (χ1) is 14.9. The summed E-state index contributed by atoms with van der Waals surface area (Å²) in [5.41, 5.74) is 6.19. The van der Waals surface area contributed by atoms with E-state index >= 15 is 0 Å². The highest BCUT2D eigenvalue weighted by atomic mass is 19.1. The van der Waals surface area contributed by atoms with Crippen molar-refractivity contribution >= 4 is 23.1 Å². The van der Waals surface area contributed by atoms with Crippen LogP contribution in [0.25, 0.3) is 0 Å². The van der Waals surface area contributed by atoms with Crippen LogP contribution in [0, 0.1) is 18.8 Å². The Labute approximate surface area is 177 Å². The average molecular weight is 425 g/mol. The minimum atomic E-state index is -1.59. The molecule has 2 aromatic heterocycles. The molecule has 1 aliphatic rings. The molecule has 4 N–H and O–H groups in total. The molecule has 10 nitrogen and oxygen atoms in total. The normalized spacial score (nSPS) is 16.8. The Morgan fingerprint density at radius 1 is 1.39 bits per heavy atom. The molecule has 0 fully saturated rings. The number of nitrogens with one attached hydrogen (secondary N) is 1. The van der Waals surface area contributed by atoms with Crippen molar-refractivity contribution in [3.05, 3.63) is 47.7 Å². The first-order valence-electron chi connectivity index (χ1n) is 9.39. The molecule has 1 aromatic carbocycles. The molecule has 0 radical (unpaired) electrons. The summed E-state index contributed by atoms with van der Waals surface area (Å²) in [6.45, 7) is 2.39. The predicted molar refractivity (Wildman–Crippen MR) is 110 cm³/mol. The van der Waals surface area contributed by atoms with Gasteiger partial charge in [0.1, 0.15) is 12.5 Å². The quantitative estimate of drug-likeness (QED) is 0.520. The number of rotatable bonds is 5. The topological polar surface area (TPSA) is 135 Å². The van der Waals surface area contributed by atoms with Crippen LogP contribution in [0.1, 0.15) is 24.2 Å². The molecule has 0 bridgehead atoms. The van der Waals surface area contributed by atoms with E-state index in [4.69, 9.17) is 15.0 Å². The second kappa shape index (κ2) is 8.17. The average Bonchev–Trinajstić information content (AvgIpc) is 3.34. The highest BCUT2D eigenvalue weighted by Gasteiger charge is 2.32. The van der Waals surface area contributed by atoms with Gasteiger partial charge in [0, 0.05) is 18.7 Å². The lowest BCUT2D eigenvalue weighted by Crippen LogP contribution is -2.35. The number of ether oxygens (including phenoxy) is 1. The number of fused-ring (bicyclic) bond motifs is 1. The number of aromatic nitrogens is 4. The lowest BCUT2D eigenvalue weighted by Gasteiger charge is -2.25. The molecule has 0 saturated heterocycles. The minimum Gasteiger partial charge on any atom is -0.371 e. The number of nitrogens with two attached hydrogens (primary N) is 1. The summed E-state index contributed by atoms with van der Waals surface area (Å²) < 4.78 is 23.2. The Bertz CT molecular complexity index is 1150. The van der Waals surface area contributed by atoms with Gasteiger partial charge in [0.15, 0.2) is 5.60 Å². The molecule has 2 atom stereocenters. The molecule has 4 rings (SSSR count). The van der Waals surface area contributed by atoms with E-state index in [1.54, 1.807) is 30.0 Å². The van der Waals surface area contributed by atoms with Gasteiger partial charge < -0.3 is 25.4 Å². The first-order valence-corrected chi connectivity index (χ1v) is 9.39. The van der Waals surface area contributed by atoms with Crippen LogP contribution < -0.4 is 16.0 Å². The molecule has 3 aromatic rings. The number of benzene rings is 1. The van der Waals surface area contributed by atoms with Crippen molar-refractivity contribution in [3.63, 3.8) is 0 Å². The van der Waals surface area contributed by atoms with E-state index in [1.807, 2.05) is 6.07 Å². The van der Waals surface area contributed by atoms with Gasteiger partial charge in [0.05, 0.1) is 18.0 Å². The van der Waals surface area contributed by atoms with Crippen molar-refractivity contribution in [1.29, 1.82) is 0 Å². The van der Waals surface area contributed by atoms with Gasteiger partial charge in [-0.15, -0.1) is 0 Å². The maximum atomic E-state index is 12.7. The van der Waals surface area contributed by atoms with Crippen molar-refractivity contribution in [2.75, 3.05) is 29.2 Å². The number of aryl methyl sites for hydroxylation is 1. The monoisotopic (exact) mass is 425 g/mol. The lowest BCUT2D eigenvalue weighted by molar-refractivity contribution is 0.0692. The number of anilines is 4. The molecule has 1 aliphatic heterocycles. The molecule has 0 saturated carbocycles. The third kappa shape index (κ3) is 4.25. The molecule has 160 valence electrons. The highest BCUT2D eigenvalue weighted by Crippen LogP contribution is 2.40. The number of hydrogen-bond donors (Lipinski definition) is 3. The van der Waals surface area contributed by atoms with Crippen molar-refractivity contribution in [2.24, 2.45) is 0 Å². The Balaban J connectivity index is 1.68. The maximum absolute atomic E-state index is 12.7. The van der Waals surface area contributed by atoms with E-state index in [0.717, 1.165) is 5.69 Å². The second-order valence-corrected chi connectivity index (χ2v) is 6.89. The predicted octanol–water partition coefficient (Wildman–Crippen LogP) is 1.84. The number of nitrogens with zero attached hydrogens (tertiary/aromatic N) is 5. The van der Waals surface area contributed by atoms with E-state index in [-0.39, 0.29) is 18.4 Å². The van der Waals surface area contributed by atoms with Crippen molar-refractivity contribution in [3.8, 4) is 11.8 Å². The number of halogens is 1. The summed E-state index contributed by atoms with van der Waals surface area (Å²) in [7, 11) is 0. The zero-order chi connectivity index (χ0) is 22.0. The fourth-order valence-corrected chi connectivity index (χ4v) is 3.02. The second-order valence-electron chi connectivity index (χ2n) is 6.89. The van der Waals surface area contributed by atoms with Crippen LogP contribution in [0.15, 0.2) is 35.0 Å². The SMILES string of the molecule is Cc1nc([C@](C)(O)C#Cc2ccc3c(c2)N(c2ccnc(N)n2)C(OCCF)N3)no1. The van der Waals surface area contributed by atoms with Crippen LogP contribution in [-0.2, 0) is 10.3 Å². The fraction of sp³-hybridized carbons (Fsp3) is 0.300. The number of nitrogen functional groups attached to an aromatic ring is 1. The standard InChI is InChI=1S/C20H20FN7O3/c1-12-24-17(27-31-12)20(2,29)7-5-13-3-4-14-15(11-13)28(19(25-14)30-10-8-21)16-6-9-23-18(22)26-16/h3-4,6,9,11,19,25,29H,8,10H2,1-2H3,(H2,22,23,26)/t19?,20-/m1/s1. The Morgan fingerprint density at radius 2 is 2.23 bits per heavy atom. The Hall–Kier alpha value is -3.75. The molecule has 0 amide bonds. The third-order valence-corrected chi connectivity index (χ3v) is 4.44. The van der Waals surface area contributed by atoms with Gasteiger partial charge in [-0.3, -0.25) is 4.90 Å². The van der Waals surface area contributed by atoms with Crippen molar-refractivity contribution < 1.29 is 18.8 Å². The van der Waals surface area contributed by atoms with Gasteiger partial charge in [0.2, 0.25) is 24.0 Å². The van der Waals surface area contributed by atoms with E-state index in [2.05, 4.69) is 37.3 Å². The third-order valence-electron chi connectivity index (χ3n) is 4.44. The largest absolute Gasteiger partial charge is 0.371 e. The minimum absolute atomic E-state index is 0.0816. The molecule has 0 spiro atoms. The molecular formula is C20H20FN7O3. The van der Waals surface area contributed by atoms with Gasteiger partial charge in [-0.1, -0.05) is 17.0 Å². The molecular weight excluding hydrogens is 405 g/mol. The van der Waals surface area contributed by atoms with Crippen LogP contribution in [0.4, 0.5) is 27.5 Å². The number of alkyl halides is 1. The molecule has 11 heteroatoms. The van der Waals surface area contributed by atoms with Crippen LogP contribution in [-0.4, -0.2) is 44.8 Å². The summed E-state index contributed by atoms with van der Waals surface area (Å²) in [5, 5.41) is 17.5. The van der Waals surface area contributed by atoms with Gasteiger partial charge in [-0.05, 0) is 31.2 Å². The summed E-state index contributed by atoms with van der Waals surface area (Å²) in [6.07, 6.45) is 0.837. The number of hydrogen-bond acceptors (Lipinski definition) is 10. The highest BCUT2D eigenvalue weighted by molar-refractivity contribution is 5.82. The molecule has 3 heterocycles. The Morgan fingerprint density at radius 3 is 2.94 bits per heavy atom. The molecule has 0 aliphatic carbocycles. The smallest absolute Gasteiger partial charge is 0.223 e. The summed E-state index contributed by atoms with van der Waals surface area (Å²) in [6, 6.07) is 7.05. The first kappa shape index (κ1) is 20.5. The van der Waals surface area contributed by atoms with Gasteiger partial charge >= 0.3 is 0 Å². The van der Waals surface area contributed by atoms with E-state index < -0.39 is 18.6 Å². The van der Waals surface area contributed by atoms with Crippen molar-refractivity contribution in [1.82, 2.24) is 20.1 Å². The van der Waals surface area contributed by atoms with Crippen LogP contribution >= 0.6 is 0 Å². The fourth-order valence-electron chi connectivity index (χ4n) is 3.02. The summed E-state index contributed by atoms with van der Waals surface area (Å²) in [5.74, 6) is 6.67. The maximum Gasteiger partial charge on any atom is 0.223 e. The van der Waals surface area contributed by atoms with Gasteiger partial charge in [-0.25, -0.2) is 9.37 Å². The van der Waals surface area contributed by atoms with E-state index in [0.29, 0.717) is 23.0 Å². The molecule has 1 unspecified atom stereocenters. The molecule has 31 heavy (non-hydrogen) atoms. The summed E-state index contributed by atoms with van der Waals surface area (Å²) >= 11 is 0. The van der Waals surface area contributed by atoms with E-state index in [9.17, 15) is 9.50 Å². The lowest BCUT2D eigenvalue weighted by atomic mass is 10.1. The van der Waals surface area contributed by atoms with E-state index in [1.165, 1.54) is 13.1 Å². The van der Waals surface area contributed by atoms with Gasteiger partial charge in [-0.2, -0.15) is 9.97 Å². The zero-order valence-corrected chi connectivity index (χ0v) is 16.8. The summed E-state index contributed by atoms with van der Waals surface area (Å²) in [4.78, 5) is 13.9. The number of aliphatic hydroxyl groups is 1. The Kier molecular flexibility index (Phi) is 5.41. The van der Waals surface area contributed by atoms with Crippen LogP contribution in [0.2, 0.25) is 0 Å². The van der Waals surface area contributed by atoms with Crippen molar-refractivity contribution in [2.45, 2.75) is 25.8 Å². The van der Waals surface area contributed by atoms with Gasteiger partial charge in [0.25, 0.3) is 0 Å². The van der Waals surface area contributed by atoms with Crippen LogP contribution in [0.5, 0.6) is 0 Å². The van der Waals surface area contributed by atoms with Crippen LogP contribution in [0.3, 0.4) is 0 Å².